The monoisotopic (exact) mass is 402 g/mol. The van der Waals surface area contributed by atoms with Crippen LogP contribution >= 0.6 is 0 Å². The van der Waals surface area contributed by atoms with Crippen molar-refractivity contribution in [1.82, 2.24) is 4.90 Å². The molecule has 0 spiro atoms. The van der Waals surface area contributed by atoms with Crippen LogP contribution in [0, 0.1) is 11.8 Å². The molecule has 1 rings (SSSR count). The maximum Gasteiger partial charge on any atom is 0.180 e. The van der Waals surface area contributed by atoms with Gasteiger partial charge in [-0.2, -0.15) is 0 Å². The van der Waals surface area contributed by atoms with Gasteiger partial charge in [-0.05, 0) is 24.6 Å². The molecular formula is C24H38N2O3. The summed E-state index contributed by atoms with van der Waals surface area (Å²) in [6.45, 7) is 15.0. The van der Waals surface area contributed by atoms with E-state index in [1.807, 2.05) is 46.8 Å². The van der Waals surface area contributed by atoms with Crippen LogP contribution < -0.4 is 0 Å². The number of hydrogen-bond donors (Lipinski definition) is 0. The number of carbonyl (C=O) groups excluding carboxylic acids is 2. The molecule has 0 amide bonds. The molecule has 5 nitrogen and oxygen atoms in total. The van der Waals surface area contributed by atoms with Crippen molar-refractivity contribution in [2.24, 2.45) is 16.8 Å². The van der Waals surface area contributed by atoms with E-state index < -0.39 is 0 Å². The van der Waals surface area contributed by atoms with E-state index in [0.29, 0.717) is 18.9 Å². The quantitative estimate of drug-likeness (QED) is 0.392. The number of ether oxygens (including phenoxy) is 1. The first-order valence-corrected chi connectivity index (χ1v) is 10.6. The minimum absolute atomic E-state index is 0.0168. The number of hydrogen-bond acceptors (Lipinski definition) is 5. The average Bonchev–Trinajstić information content (AvgIpc) is 2.70. The number of Topliss-reactive ketones (excluding diaryl/α,β-unsaturated/α-hetero) is 2. The Labute approximate surface area is 176 Å². The Morgan fingerprint density at radius 1 is 1.10 bits per heavy atom. The molecule has 162 valence electrons. The lowest BCUT2D eigenvalue weighted by molar-refractivity contribution is -0.127. The topological polar surface area (TPSA) is 59.0 Å². The number of nitrogens with zero attached hydrogens (tertiary/aromatic N) is 2. The fourth-order valence-corrected chi connectivity index (χ4v) is 3.25. The Morgan fingerprint density at radius 2 is 1.76 bits per heavy atom. The van der Waals surface area contributed by atoms with Crippen LogP contribution in [-0.4, -0.2) is 42.1 Å². The smallest absolute Gasteiger partial charge is 0.180 e. The first-order chi connectivity index (χ1) is 13.6. The lowest BCUT2D eigenvalue weighted by Gasteiger charge is -2.28. The summed E-state index contributed by atoms with van der Waals surface area (Å²) in [5.74, 6) is 0.979. The molecule has 1 aromatic rings. The third kappa shape index (κ3) is 7.73. The maximum atomic E-state index is 12.4. The van der Waals surface area contributed by atoms with Crippen LogP contribution in [0.5, 0.6) is 0 Å². The summed E-state index contributed by atoms with van der Waals surface area (Å²) in [4.78, 5) is 31.6. The zero-order valence-electron chi connectivity index (χ0n) is 19.4. The summed E-state index contributed by atoms with van der Waals surface area (Å²) in [5, 5.41) is 0. The third-order valence-corrected chi connectivity index (χ3v) is 5.33. The van der Waals surface area contributed by atoms with Gasteiger partial charge in [0.15, 0.2) is 11.7 Å². The van der Waals surface area contributed by atoms with E-state index in [0.717, 1.165) is 17.7 Å². The number of ketones is 2. The number of carbonyl (C=O) groups is 2. The summed E-state index contributed by atoms with van der Waals surface area (Å²) in [5.41, 5.74) is 2.10. The van der Waals surface area contributed by atoms with Gasteiger partial charge in [-0.25, -0.2) is 4.99 Å². The zero-order valence-corrected chi connectivity index (χ0v) is 19.4. The van der Waals surface area contributed by atoms with Crippen molar-refractivity contribution in [3.8, 4) is 0 Å². The second-order valence-corrected chi connectivity index (χ2v) is 8.23. The molecule has 0 N–H and O–H groups in total. The second-order valence-electron chi connectivity index (χ2n) is 8.23. The predicted octanol–water partition coefficient (Wildman–Crippen LogP) is 4.84. The molecule has 5 heteroatoms. The van der Waals surface area contributed by atoms with Crippen molar-refractivity contribution in [2.75, 3.05) is 13.7 Å². The first-order valence-electron chi connectivity index (χ1n) is 10.6. The molecule has 1 aromatic carbocycles. The number of aliphatic imine (C=N–C) groups is 1. The largest absolute Gasteiger partial charge is 0.484 e. The normalized spacial score (nSPS) is 14.4. The Bertz CT molecular complexity index is 710. The molecule has 0 radical (unpaired) electrons. The van der Waals surface area contributed by atoms with Crippen molar-refractivity contribution in [1.29, 1.82) is 0 Å². The number of methoxy groups -OCH3 is 1. The summed E-state index contributed by atoms with van der Waals surface area (Å²) in [6, 6.07) is 7.77. The highest BCUT2D eigenvalue weighted by Gasteiger charge is 2.23. The Kier molecular flexibility index (Phi) is 10.2. The molecular weight excluding hydrogens is 364 g/mol. The van der Waals surface area contributed by atoms with Gasteiger partial charge in [0, 0.05) is 31.7 Å². The Balaban J connectivity index is 3.13. The highest BCUT2D eigenvalue weighted by Crippen LogP contribution is 2.25. The molecule has 0 saturated carbocycles. The number of likely N-dealkylation sites (N-methyl/N-ethyl adjacent to an activating group) is 1. The van der Waals surface area contributed by atoms with Crippen molar-refractivity contribution in [3.05, 3.63) is 35.4 Å². The van der Waals surface area contributed by atoms with E-state index in [-0.39, 0.29) is 35.5 Å². The number of benzene rings is 1. The molecule has 0 aliphatic carbocycles. The molecule has 2 unspecified atom stereocenters. The van der Waals surface area contributed by atoms with Crippen molar-refractivity contribution in [2.45, 2.75) is 73.5 Å². The highest BCUT2D eigenvalue weighted by atomic mass is 16.5. The van der Waals surface area contributed by atoms with Crippen LogP contribution in [0.2, 0.25) is 0 Å². The van der Waals surface area contributed by atoms with E-state index in [9.17, 15) is 9.59 Å². The molecule has 0 fully saturated rings. The van der Waals surface area contributed by atoms with Crippen LogP contribution in [0.4, 0.5) is 0 Å². The van der Waals surface area contributed by atoms with Gasteiger partial charge in [-0.1, -0.05) is 58.9 Å². The van der Waals surface area contributed by atoms with Gasteiger partial charge in [0.25, 0.3) is 0 Å². The van der Waals surface area contributed by atoms with Crippen LogP contribution in [-0.2, 0) is 20.9 Å². The van der Waals surface area contributed by atoms with Crippen LogP contribution in [0.15, 0.2) is 29.3 Å². The molecule has 2 atom stereocenters. The van der Waals surface area contributed by atoms with Crippen LogP contribution in [0.3, 0.4) is 0 Å². The van der Waals surface area contributed by atoms with E-state index in [1.165, 1.54) is 0 Å². The second kappa shape index (κ2) is 11.9. The van der Waals surface area contributed by atoms with E-state index in [1.54, 1.807) is 14.0 Å². The Hall–Kier alpha value is -2.01. The summed E-state index contributed by atoms with van der Waals surface area (Å²) in [7, 11) is 1.59. The van der Waals surface area contributed by atoms with E-state index in [2.05, 4.69) is 28.9 Å². The van der Waals surface area contributed by atoms with Crippen molar-refractivity contribution >= 4 is 17.5 Å². The summed E-state index contributed by atoms with van der Waals surface area (Å²) in [6.07, 6.45) is 0.349. The zero-order chi connectivity index (χ0) is 22.1. The maximum absolute atomic E-state index is 12.4. The molecule has 0 aliphatic heterocycles. The van der Waals surface area contributed by atoms with Gasteiger partial charge in [0.2, 0.25) is 0 Å². The molecule has 0 aliphatic rings. The number of rotatable bonds is 11. The van der Waals surface area contributed by atoms with Crippen molar-refractivity contribution in [3.63, 3.8) is 0 Å². The van der Waals surface area contributed by atoms with E-state index in [4.69, 9.17) is 4.74 Å². The molecule has 0 saturated heterocycles. The first kappa shape index (κ1) is 25.0. The third-order valence-electron chi connectivity index (χ3n) is 5.33. The van der Waals surface area contributed by atoms with Crippen molar-refractivity contribution < 1.29 is 14.3 Å². The highest BCUT2D eigenvalue weighted by molar-refractivity contribution is 5.85. The lowest BCUT2D eigenvalue weighted by Crippen LogP contribution is -2.40. The molecule has 29 heavy (non-hydrogen) atoms. The van der Waals surface area contributed by atoms with Crippen LogP contribution in [0.25, 0.3) is 0 Å². The minimum Gasteiger partial charge on any atom is -0.484 e. The molecule has 0 bridgehead atoms. The SMILES string of the molecule is CCN(Cc1cccc(C(CC(=O)C(C)C)N=C(C)OC)c1)C(C)C(=O)C(C)C. The van der Waals surface area contributed by atoms with Gasteiger partial charge < -0.3 is 4.74 Å². The van der Waals surface area contributed by atoms with Gasteiger partial charge >= 0.3 is 0 Å². The van der Waals surface area contributed by atoms with Gasteiger partial charge in [-0.3, -0.25) is 14.5 Å². The molecule has 0 heterocycles. The Morgan fingerprint density at radius 3 is 2.28 bits per heavy atom. The molecule has 0 aromatic heterocycles. The fraction of sp³-hybridized carbons (Fsp3) is 0.625. The van der Waals surface area contributed by atoms with E-state index >= 15 is 0 Å². The standard InChI is InChI=1S/C24H38N2O3/c1-9-26(18(6)24(28)17(4)5)15-20-11-10-12-21(13-20)22(25-19(7)29-8)14-23(27)16(2)3/h10-13,16-18,22H,9,14-15H2,1-8H3. The van der Waals surface area contributed by atoms with Crippen LogP contribution in [0.1, 0.15) is 72.1 Å². The van der Waals surface area contributed by atoms with Gasteiger partial charge in [0.1, 0.15) is 5.78 Å². The summed E-state index contributed by atoms with van der Waals surface area (Å²) >= 11 is 0. The minimum atomic E-state index is -0.269. The average molecular weight is 403 g/mol. The fourth-order valence-electron chi connectivity index (χ4n) is 3.25. The predicted molar refractivity (Wildman–Crippen MR) is 119 cm³/mol. The summed E-state index contributed by atoms with van der Waals surface area (Å²) < 4.78 is 5.23. The van der Waals surface area contributed by atoms with Gasteiger partial charge in [0.05, 0.1) is 19.2 Å². The lowest BCUT2D eigenvalue weighted by atomic mass is 9.95. The van der Waals surface area contributed by atoms with Gasteiger partial charge in [-0.15, -0.1) is 0 Å².